The molecule has 3 heterocycles. The van der Waals surface area contributed by atoms with E-state index in [9.17, 15) is 9.18 Å². The van der Waals surface area contributed by atoms with E-state index in [-0.39, 0.29) is 5.65 Å². The summed E-state index contributed by atoms with van der Waals surface area (Å²) < 4.78 is 23.3. The van der Waals surface area contributed by atoms with Gasteiger partial charge in [0.1, 0.15) is 17.3 Å². The monoisotopic (exact) mass is 470 g/mol. The fourth-order valence-corrected chi connectivity index (χ4v) is 3.85. The van der Waals surface area contributed by atoms with E-state index in [0.717, 1.165) is 11.3 Å². The third-order valence-electron chi connectivity index (χ3n) is 5.47. The molecule has 0 bridgehead atoms. The van der Waals surface area contributed by atoms with E-state index in [2.05, 4.69) is 20.7 Å². The van der Waals surface area contributed by atoms with Crippen molar-refractivity contribution in [3.8, 4) is 22.8 Å². The number of rotatable bonds is 6. The molecule has 2 N–H and O–H groups in total. The van der Waals surface area contributed by atoms with Gasteiger partial charge in [-0.2, -0.15) is 0 Å². The van der Waals surface area contributed by atoms with E-state index in [1.807, 2.05) is 74.5 Å². The number of hydrogen-bond acceptors (Lipinski definition) is 4. The Kier molecular flexibility index (Phi) is 5.88. The van der Waals surface area contributed by atoms with Gasteiger partial charge < -0.3 is 4.74 Å². The molecule has 0 spiro atoms. The summed E-state index contributed by atoms with van der Waals surface area (Å²) >= 11 is 0. The molecule has 9 heteroatoms. The van der Waals surface area contributed by atoms with Crippen molar-refractivity contribution in [2.45, 2.75) is 13.8 Å². The Hall–Kier alpha value is -4.66. The highest BCUT2D eigenvalue weighted by atomic mass is 19.1. The number of fused-ring (bicyclic) bond motifs is 1. The summed E-state index contributed by atoms with van der Waals surface area (Å²) in [5.74, 6) is 0.737. The highest BCUT2D eigenvalue weighted by Crippen LogP contribution is 2.31. The van der Waals surface area contributed by atoms with Crippen LogP contribution in [0.15, 0.2) is 79.0 Å². The Labute approximate surface area is 201 Å². The lowest BCUT2D eigenvalue weighted by Gasteiger charge is -2.12. The van der Waals surface area contributed by atoms with E-state index in [1.54, 1.807) is 16.9 Å². The van der Waals surface area contributed by atoms with Gasteiger partial charge in [0.05, 0.1) is 17.9 Å². The maximum Gasteiger partial charge on any atom is 0.326 e. The molecule has 3 aromatic heterocycles. The smallest absolute Gasteiger partial charge is 0.326 e. The zero-order chi connectivity index (χ0) is 24.4. The predicted octanol–water partition coefficient (Wildman–Crippen LogP) is 5.68. The van der Waals surface area contributed by atoms with Crippen molar-refractivity contribution >= 4 is 23.3 Å². The van der Waals surface area contributed by atoms with Crippen LogP contribution in [0.5, 0.6) is 5.88 Å². The Balaban J connectivity index is 1.53. The molecule has 0 unspecified atom stereocenters. The number of carbonyl (C=O) groups is 1. The van der Waals surface area contributed by atoms with Gasteiger partial charge in [-0.25, -0.2) is 18.9 Å². The van der Waals surface area contributed by atoms with E-state index < -0.39 is 11.8 Å². The van der Waals surface area contributed by atoms with Gasteiger partial charge in [0.25, 0.3) is 0 Å². The number of hydrogen-bond donors (Lipinski definition) is 2. The molecule has 0 saturated heterocycles. The lowest BCUT2D eigenvalue weighted by Crippen LogP contribution is -2.23. The number of benzene rings is 2. The van der Waals surface area contributed by atoms with E-state index in [4.69, 9.17) is 4.74 Å². The Morgan fingerprint density at radius 1 is 0.971 bits per heavy atom. The van der Waals surface area contributed by atoms with Gasteiger partial charge in [-0.3, -0.25) is 15.0 Å². The summed E-state index contributed by atoms with van der Waals surface area (Å²) in [4.78, 5) is 17.7. The quantitative estimate of drug-likeness (QED) is 0.335. The average molecular weight is 471 g/mol. The van der Waals surface area contributed by atoms with Crippen molar-refractivity contribution in [2.24, 2.45) is 0 Å². The highest BCUT2D eigenvalue weighted by Gasteiger charge is 2.22. The molecule has 0 atom stereocenters. The molecule has 0 fully saturated rings. The molecule has 35 heavy (non-hydrogen) atoms. The minimum atomic E-state index is -0.531. The van der Waals surface area contributed by atoms with Crippen molar-refractivity contribution < 1.29 is 13.9 Å². The van der Waals surface area contributed by atoms with Crippen LogP contribution < -0.4 is 15.4 Å². The lowest BCUT2D eigenvalue weighted by atomic mass is 10.1. The molecule has 5 aromatic rings. The third kappa shape index (κ3) is 4.19. The zero-order valence-corrected chi connectivity index (χ0v) is 19.2. The summed E-state index contributed by atoms with van der Waals surface area (Å²) in [5, 5.41) is 10.3. The minimum Gasteiger partial charge on any atom is -0.477 e. The molecule has 2 amide bonds. The van der Waals surface area contributed by atoms with Crippen LogP contribution in [0.4, 0.5) is 20.8 Å². The van der Waals surface area contributed by atoms with Crippen LogP contribution in [0.2, 0.25) is 0 Å². The number of pyridine rings is 1. The van der Waals surface area contributed by atoms with Crippen LogP contribution in [-0.4, -0.2) is 31.8 Å². The molecule has 5 rings (SSSR count). The predicted molar refractivity (Wildman–Crippen MR) is 133 cm³/mol. The molecular formula is C26H23FN6O2. The first-order chi connectivity index (χ1) is 17.1. The summed E-state index contributed by atoms with van der Waals surface area (Å²) in [6, 6.07) is 21.1. The molecule has 0 radical (unpaired) electrons. The first kappa shape index (κ1) is 22.1. The topological polar surface area (TPSA) is 85.5 Å². The number of nitrogens with one attached hydrogen (secondary N) is 2. The maximum absolute atomic E-state index is 14.5. The number of urea groups is 1. The van der Waals surface area contributed by atoms with Crippen LogP contribution in [0.25, 0.3) is 22.6 Å². The Morgan fingerprint density at radius 2 is 1.66 bits per heavy atom. The summed E-state index contributed by atoms with van der Waals surface area (Å²) in [7, 11) is 0. The highest BCUT2D eigenvalue weighted by molar-refractivity contribution is 6.02. The van der Waals surface area contributed by atoms with Gasteiger partial charge >= 0.3 is 6.03 Å². The lowest BCUT2D eigenvalue weighted by molar-refractivity contribution is 0.262. The van der Waals surface area contributed by atoms with Gasteiger partial charge in [0.2, 0.25) is 5.88 Å². The van der Waals surface area contributed by atoms with Crippen molar-refractivity contribution in [3.05, 3.63) is 90.4 Å². The largest absolute Gasteiger partial charge is 0.477 e. The molecule has 0 aliphatic carbocycles. The normalized spacial score (nSPS) is 10.9. The minimum absolute atomic E-state index is 0.116. The number of aromatic nitrogens is 4. The standard InChI is InChI=1S/C26H23FN6O2/c1-3-35-25-17(2)22(33(31-25)19-13-8-5-9-14-19)29-26(34)30-24-21(18-11-6-4-7-12-18)28-23-20(27)15-10-16-32(23)24/h4-16H,3H2,1-2H3,(H2,29,30,34). The van der Waals surface area contributed by atoms with Crippen LogP contribution in [0, 0.1) is 12.7 Å². The van der Waals surface area contributed by atoms with Crippen molar-refractivity contribution in [1.29, 1.82) is 0 Å². The average Bonchev–Trinajstić information content (AvgIpc) is 3.39. The number of carbonyl (C=O) groups excluding carboxylic acids is 1. The fourth-order valence-electron chi connectivity index (χ4n) is 3.85. The van der Waals surface area contributed by atoms with Crippen LogP contribution in [0.1, 0.15) is 12.5 Å². The first-order valence-electron chi connectivity index (χ1n) is 11.1. The number of halogens is 1. The number of imidazole rings is 1. The summed E-state index contributed by atoms with van der Waals surface area (Å²) in [5.41, 5.74) is 2.76. The number of amides is 2. The Morgan fingerprint density at radius 3 is 2.37 bits per heavy atom. The van der Waals surface area contributed by atoms with Crippen molar-refractivity contribution in [2.75, 3.05) is 17.2 Å². The first-order valence-corrected chi connectivity index (χ1v) is 11.1. The molecule has 8 nitrogen and oxygen atoms in total. The molecule has 2 aromatic carbocycles. The van der Waals surface area contributed by atoms with E-state index in [0.29, 0.717) is 35.4 Å². The zero-order valence-electron chi connectivity index (χ0n) is 19.2. The van der Waals surface area contributed by atoms with Gasteiger partial charge in [-0.05, 0) is 38.1 Å². The summed E-state index contributed by atoms with van der Waals surface area (Å²) in [6.07, 6.45) is 1.65. The van der Waals surface area contributed by atoms with Crippen molar-refractivity contribution in [1.82, 2.24) is 19.2 Å². The summed E-state index contributed by atoms with van der Waals surface area (Å²) in [6.45, 7) is 4.13. The van der Waals surface area contributed by atoms with E-state index >= 15 is 0 Å². The second-order valence-electron chi connectivity index (χ2n) is 7.76. The maximum atomic E-state index is 14.5. The number of nitrogens with zero attached hydrogens (tertiary/aromatic N) is 4. The van der Waals surface area contributed by atoms with Crippen LogP contribution >= 0.6 is 0 Å². The SMILES string of the molecule is CCOc1nn(-c2ccccc2)c(NC(=O)Nc2c(-c3ccccc3)nc3c(F)cccn23)c1C. The second kappa shape index (κ2) is 9.30. The molecule has 0 aliphatic rings. The van der Waals surface area contributed by atoms with Crippen LogP contribution in [-0.2, 0) is 0 Å². The number of anilines is 2. The van der Waals surface area contributed by atoms with Crippen LogP contribution in [0.3, 0.4) is 0 Å². The van der Waals surface area contributed by atoms with Gasteiger partial charge in [0, 0.05) is 11.8 Å². The fraction of sp³-hybridized carbons (Fsp3) is 0.115. The molecular weight excluding hydrogens is 447 g/mol. The van der Waals surface area contributed by atoms with Gasteiger partial charge in [-0.1, -0.05) is 48.5 Å². The molecule has 176 valence electrons. The van der Waals surface area contributed by atoms with Gasteiger partial charge in [-0.15, -0.1) is 5.10 Å². The van der Waals surface area contributed by atoms with Crippen molar-refractivity contribution in [3.63, 3.8) is 0 Å². The molecule has 0 aliphatic heterocycles. The number of para-hydroxylation sites is 1. The molecule has 0 saturated carbocycles. The Bertz CT molecular complexity index is 1500. The van der Waals surface area contributed by atoms with E-state index in [1.165, 1.54) is 10.5 Å². The van der Waals surface area contributed by atoms with Gasteiger partial charge in [0.15, 0.2) is 11.5 Å². The number of ether oxygens (including phenoxy) is 1. The third-order valence-corrected chi connectivity index (χ3v) is 5.47. The second-order valence-corrected chi connectivity index (χ2v) is 7.76.